The lowest BCUT2D eigenvalue weighted by Crippen LogP contribution is -1.80. The van der Waals surface area contributed by atoms with E-state index in [0.717, 1.165) is 5.56 Å². The zero-order valence-corrected chi connectivity index (χ0v) is 10.2. The highest BCUT2D eigenvalue weighted by Gasteiger charge is 1.96. The zero-order valence-electron chi connectivity index (χ0n) is 8.68. The second-order valence-electron chi connectivity index (χ2n) is 3.18. The normalized spacial score (nSPS) is 11.6. The van der Waals surface area contributed by atoms with Gasteiger partial charge in [0.1, 0.15) is 5.76 Å². The molecule has 0 aliphatic heterocycles. The first-order chi connectivity index (χ1) is 8.25. The Morgan fingerprint density at radius 1 is 1.00 bits per heavy atom. The molecule has 0 unspecified atom stereocenters. The molecule has 0 saturated heterocycles. The summed E-state index contributed by atoms with van der Waals surface area (Å²) in [6.07, 6.45) is 4.68. The zero-order chi connectivity index (χ0) is 12.1. The Morgan fingerprint density at radius 3 is 2.53 bits per heavy atom. The van der Waals surface area contributed by atoms with E-state index in [1.165, 1.54) is 6.21 Å². The van der Waals surface area contributed by atoms with Gasteiger partial charge in [-0.05, 0) is 29.8 Å². The Hall–Kier alpha value is -1.58. The van der Waals surface area contributed by atoms with Crippen LogP contribution in [0.25, 0.3) is 0 Å². The molecule has 1 heterocycles. The molecule has 1 aromatic carbocycles. The van der Waals surface area contributed by atoms with Gasteiger partial charge in [-0.2, -0.15) is 10.2 Å². The Labute approximate surface area is 108 Å². The van der Waals surface area contributed by atoms with Gasteiger partial charge in [-0.1, -0.05) is 29.3 Å². The van der Waals surface area contributed by atoms with Crippen LogP contribution in [0.2, 0.25) is 10.0 Å². The molecule has 5 heteroatoms. The van der Waals surface area contributed by atoms with Gasteiger partial charge in [0, 0.05) is 0 Å². The first-order valence-electron chi connectivity index (χ1n) is 4.80. The van der Waals surface area contributed by atoms with Crippen LogP contribution in [0.1, 0.15) is 11.3 Å². The van der Waals surface area contributed by atoms with Crippen LogP contribution in [0.3, 0.4) is 0 Å². The van der Waals surface area contributed by atoms with E-state index in [9.17, 15) is 0 Å². The third-order valence-corrected chi connectivity index (χ3v) is 2.68. The predicted molar refractivity (Wildman–Crippen MR) is 70.4 cm³/mol. The van der Waals surface area contributed by atoms with E-state index >= 15 is 0 Å². The van der Waals surface area contributed by atoms with Crippen molar-refractivity contribution in [3.05, 3.63) is 58.0 Å². The largest absolute Gasteiger partial charge is 0.463 e. The maximum atomic E-state index is 5.86. The summed E-state index contributed by atoms with van der Waals surface area (Å²) in [5.41, 5.74) is 0.830. The SMILES string of the molecule is Clc1ccc(C=NN=Cc2ccco2)cc1Cl. The average Bonchev–Trinajstić information content (AvgIpc) is 2.82. The number of furan rings is 1. The van der Waals surface area contributed by atoms with Crippen molar-refractivity contribution in [2.75, 3.05) is 0 Å². The predicted octanol–water partition coefficient (Wildman–Crippen LogP) is 4.04. The van der Waals surface area contributed by atoms with Crippen LogP contribution in [0, 0.1) is 0 Å². The van der Waals surface area contributed by atoms with Crippen molar-refractivity contribution in [2.24, 2.45) is 10.2 Å². The van der Waals surface area contributed by atoms with Crippen molar-refractivity contribution >= 4 is 35.6 Å². The van der Waals surface area contributed by atoms with Crippen molar-refractivity contribution in [2.45, 2.75) is 0 Å². The molecule has 0 radical (unpaired) electrons. The summed E-state index contributed by atoms with van der Waals surface area (Å²) in [6, 6.07) is 8.81. The van der Waals surface area contributed by atoms with Crippen LogP contribution >= 0.6 is 23.2 Å². The van der Waals surface area contributed by atoms with Gasteiger partial charge in [0.15, 0.2) is 0 Å². The van der Waals surface area contributed by atoms with E-state index < -0.39 is 0 Å². The minimum atomic E-state index is 0.491. The van der Waals surface area contributed by atoms with Crippen molar-refractivity contribution in [1.82, 2.24) is 0 Å². The van der Waals surface area contributed by atoms with E-state index in [1.807, 2.05) is 0 Å². The fourth-order valence-corrected chi connectivity index (χ4v) is 1.45. The molecule has 3 nitrogen and oxygen atoms in total. The maximum Gasteiger partial charge on any atom is 0.146 e. The summed E-state index contributed by atoms with van der Waals surface area (Å²) in [7, 11) is 0. The smallest absolute Gasteiger partial charge is 0.146 e. The summed E-state index contributed by atoms with van der Waals surface area (Å²) < 4.78 is 5.06. The molecule has 0 atom stereocenters. The number of hydrogen-bond donors (Lipinski definition) is 0. The van der Waals surface area contributed by atoms with E-state index in [2.05, 4.69) is 10.2 Å². The Balaban J connectivity index is 2.03. The fourth-order valence-electron chi connectivity index (χ4n) is 1.15. The highest BCUT2D eigenvalue weighted by molar-refractivity contribution is 6.42. The molecule has 0 aliphatic rings. The molecule has 2 aromatic rings. The van der Waals surface area contributed by atoms with Crippen LogP contribution in [0.4, 0.5) is 0 Å². The van der Waals surface area contributed by atoms with Crippen LogP contribution in [-0.2, 0) is 0 Å². The second kappa shape index (κ2) is 5.66. The molecule has 2 rings (SSSR count). The minimum Gasteiger partial charge on any atom is -0.463 e. The van der Waals surface area contributed by atoms with E-state index in [-0.39, 0.29) is 0 Å². The highest BCUT2D eigenvalue weighted by Crippen LogP contribution is 2.21. The second-order valence-corrected chi connectivity index (χ2v) is 3.99. The number of benzene rings is 1. The van der Waals surface area contributed by atoms with Gasteiger partial charge < -0.3 is 4.42 Å². The number of nitrogens with zero attached hydrogens (tertiary/aromatic N) is 2. The summed E-state index contributed by atoms with van der Waals surface area (Å²) in [5.74, 6) is 0.649. The molecule has 0 saturated carbocycles. The van der Waals surface area contributed by atoms with Gasteiger partial charge in [0.25, 0.3) is 0 Å². The Morgan fingerprint density at radius 2 is 1.82 bits per heavy atom. The Bertz CT molecular complexity index is 548. The molecule has 0 aliphatic carbocycles. The first kappa shape index (κ1) is 11.9. The standard InChI is InChI=1S/C12H8Cl2N2O/c13-11-4-3-9(6-12(11)14)7-15-16-8-10-2-1-5-17-10/h1-8H. The molecule has 0 N–H and O–H groups in total. The molecular weight excluding hydrogens is 259 g/mol. The van der Waals surface area contributed by atoms with Crippen LogP contribution in [0.5, 0.6) is 0 Å². The lowest BCUT2D eigenvalue weighted by atomic mass is 10.2. The maximum absolute atomic E-state index is 5.86. The lowest BCUT2D eigenvalue weighted by molar-refractivity contribution is 0.560. The van der Waals surface area contributed by atoms with Crippen LogP contribution in [-0.4, -0.2) is 12.4 Å². The van der Waals surface area contributed by atoms with Gasteiger partial charge in [0.2, 0.25) is 0 Å². The monoisotopic (exact) mass is 266 g/mol. The molecule has 0 fully saturated rings. The van der Waals surface area contributed by atoms with Crippen molar-refractivity contribution in [1.29, 1.82) is 0 Å². The number of rotatable bonds is 3. The fraction of sp³-hybridized carbons (Fsp3) is 0. The first-order valence-corrected chi connectivity index (χ1v) is 5.56. The van der Waals surface area contributed by atoms with Crippen molar-refractivity contribution < 1.29 is 4.42 Å². The van der Waals surface area contributed by atoms with Gasteiger partial charge in [-0.3, -0.25) is 0 Å². The Kier molecular flexibility index (Phi) is 3.96. The third kappa shape index (κ3) is 3.44. The molecule has 0 bridgehead atoms. The number of halogens is 2. The quantitative estimate of drug-likeness (QED) is 0.610. The van der Waals surface area contributed by atoms with Crippen LogP contribution in [0.15, 0.2) is 51.2 Å². The number of hydrogen-bond acceptors (Lipinski definition) is 3. The average molecular weight is 267 g/mol. The molecule has 17 heavy (non-hydrogen) atoms. The van der Waals surface area contributed by atoms with E-state index in [4.69, 9.17) is 27.6 Å². The molecular formula is C12H8Cl2N2O. The van der Waals surface area contributed by atoms with Crippen LogP contribution < -0.4 is 0 Å². The summed E-state index contributed by atoms with van der Waals surface area (Å²) >= 11 is 11.7. The van der Waals surface area contributed by atoms with Gasteiger partial charge >= 0.3 is 0 Å². The lowest BCUT2D eigenvalue weighted by Gasteiger charge is -1.95. The summed E-state index contributed by atoms with van der Waals surface area (Å²) in [4.78, 5) is 0. The molecule has 86 valence electrons. The van der Waals surface area contributed by atoms with Crippen molar-refractivity contribution in [3.8, 4) is 0 Å². The van der Waals surface area contributed by atoms with E-state index in [1.54, 1.807) is 42.8 Å². The topological polar surface area (TPSA) is 37.9 Å². The molecule has 0 amide bonds. The van der Waals surface area contributed by atoms with Crippen molar-refractivity contribution in [3.63, 3.8) is 0 Å². The molecule has 1 aromatic heterocycles. The summed E-state index contributed by atoms with van der Waals surface area (Å²) in [6.45, 7) is 0. The highest BCUT2D eigenvalue weighted by atomic mass is 35.5. The minimum absolute atomic E-state index is 0.491. The van der Waals surface area contributed by atoms with Gasteiger partial charge in [-0.25, -0.2) is 0 Å². The van der Waals surface area contributed by atoms with Gasteiger partial charge in [0.05, 0.1) is 28.7 Å². The summed E-state index contributed by atoms with van der Waals surface area (Å²) in [5, 5.41) is 8.71. The molecule has 0 spiro atoms. The van der Waals surface area contributed by atoms with E-state index in [0.29, 0.717) is 15.8 Å². The third-order valence-electron chi connectivity index (χ3n) is 1.95. The van der Waals surface area contributed by atoms with Gasteiger partial charge in [-0.15, -0.1) is 0 Å².